The molecule has 0 bridgehead atoms. The number of halogens is 8. The van der Waals surface area contributed by atoms with Gasteiger partial charge in [-0.05, 0) is 25.7 Å². The van der Waals surface area contributed by atoms with E-state index < -0.39 is 63.6 Å². The first-order chi connectivity index (χ1) is 9.49. The molecule has 0 saturated carbocycles. The van der Waals surface area contributed by atoms with Crippen LogP contribution in [-0.2, 0) is 4.74 Å². The highest BCUT2D eigenvalue weighted by atomic mass is 19.4. The van der Waals surface area contributed by atoms with Crippen molar-refractivity contribution in [2.24, 2.45) is 0 Å². The van der Waals surface area contributed by atoms with Crippen LogP contribution in [0.4, 0.5) is 35.1 Å². The van der Waals surface area contributed by atoms with E-state index in [1.165, 1.54) is 0 Å². The predicted octanol–water partition coefficient (Wildman–Crippen LogP) is 5.14. The van der Waals surface area contributed by atoms with Crippen LogP contribution >= 0.6 is 0 Å². The normalized spacial score (nSPS) is 16.0. The molecule has 0 N–H and O–H groups in total. The smallest absolute Gasteiger partial charge is 0.375 e. The molecule has 9 heteroatoms. The first kappa shape index (κ1) is 20.4. The number of alkyl halides is 8. The van der Waals surface area contributed by atoms with E-state index in [0.717, 1.165) is 0 Å². The van der Waals surface area contributed by atoms with E-state index in [1.54, 1.807) is 0 Å². The average molecular weight is 330 g/mol. The minimum Gasteiger partial charge on any atom is -0.375 e. The van der Waals surface area contributed by atoms with Crippen LogP contribution in [0.25, 0.3) is 0 Å². The predicted molar refractivity (Wildman–Crippen MR) is 60.4 cm³/mol. The highest BCUT2D eigenvalue weighted by Crippen LogP contribution is 2.24. The minimum atomic E-state index is -4.34. The Hall–Kier alpha value is -0.600. The van der Waals surface area contributed by atoms with E-state index in [9.17, 15) is 35.1 Å². The lowest BCUT2D eigenvalue weighted by atomic mass is 10.1. The maximum atomic E-state index is 13.1. The summed E-state index contributed by atoms with van der Waals surface area (Å²) < 4.78 is 101. The number of hydrogen-bond donors (Lipinski definition) is 0. The van der Waals surface area contributed by atoms with Crippen LogP contribution in [0.15, 0.2) is 0 Å². The molecule has 0 amide bonds. The fourth-order valence-corrected chi connectivity index (χ4v) is 1.54. The molecule has 0 heterocycles. The van der Waals surface area contributed by atoms with Crippen molar-refractivity contribution in [1.82, 2.24) is 0 Å². The van der Waals surface area contributed by atoms with Crippen molar-refractivity contribution < 1.29 is 39.9 Å². The zero-order chi connectivity index (χ0) is 16.5. The Kier molecular flexibility index (Phi) is 9.15. The Bertz CT molecular complexity index is 237. The van der Waals surface area contributed by atoms with Gasteiger partial charge in [-0.1, -0.05) is 0 Å². The van der Waals surface area contributed by atoms with Gasteiger partial charge < -0.3 is 4.74 Å². The number of rotatable bonds is 10. The Morgan fingerprint density at radius 2 is 1.00 bits per heavy atom. The molecule has 2 atom stereocenters. The average Bonchev–Trinajstić information content (AvgIpc) is 2.25. The highest BCUT2D eigenvalue weighted by molar-refractivity contribution is 4.61. The van der Waals surface area contributed by atoms with Crippen molar-refractivity contribution in [3.8, 4) is 0 Å². The third kappa shape index (κ3) is 15.6. The van der Waals surface area contributed by atoms with E-state index in [0.29, 0.717) is 0 Å². The molecule has 0 aromatic carbocycles. The van der Waals surface area contributed by atoms with Gasteiger partial charge >= 0.3 is 12.4 Å². The molecule has 0 rings (SSSR count). The monoisotopic (exact) mass is 330 g/mol. The Balaban J connectivity index is 3.55. The molecule has 0 aromatic heterocycles. The van der Waals surface area contributed by atoms with Gasteiger partial charge in [0.1, 0.15) is 12.3 Å². The molecule has 0 aliphatic heterocycles. The summed E-state index contributed by atoms with van der Waals surface area (Å²) >= 11 is 0. The molecule has 1 nitrogen and oxygen atoms in total. The summed E-state index contributed by atoms with van der Waals surface area (Å²) in [6.45, 7) is -1.12. The first-order valence-electron chi connectivity index (χ1n) is 6.49. The topological polar surface area (TPSA) is 9.23 Å². The van der Waals surface area contributed by atoms with Crippen molar-refractivity contribution in [1.29, 1.82) is 0 Å². The van der Waals surface area contributed by atoms with Gasteiger partial charge in [-0.25, -0.2) is 8.78 Å². The number of ether oxygens (including phenoxy) is 1. The standard InChI is InChI=1S/C12H18F8O/c13-9(3-1-5-11(15,16)17)7-21-8-10(14)4-2-6-12(18,19)20/h9-10H,1-8H2. The molecule has 2 unspecified atom stereocenters. The van der Waals surface area contributed by atoms with Gasteiger partial charge in [0.05, 0.1) is 13.2 Å². The lowest BCUT2D eigenvalue weighted by molar-refractivity contribution is -0.137. The van der Waals surface area contributed by atoms with Crippen LogP contribution < -0.4 is 0 Å². The molecule has 0 aliphatic rings. The minimum absolute atomic E-state index is 0.357. The molecular weight excluding hydrogens is 312 g/mol. The van der Waals surface area contributed by atoms with Crippen LogP contribution in [0.3, 0.4) is 0 Å². The third-order valence-electron chi connectivity index (χ3n) is 2.55. The van der Waals surface area contributed by atoms with Gasteiger partial charge in [0.25, 0.3) is 0 Å². The SMILES string of the molecule is FC(CCCC(F)(F)F)COCC(F)CCCC(F)(F)F. The highest BCUT2D eigenvalue weighted by Gasteiger charge is 2.27. The van der Waals surface area contributed by atoms with Crippen molar-refractivity contribution in [3.63, 3.8) is 0 Å². The van der Waals surface area contributed by atoms with Gasteiger partial charge in [0.2, 0.25) is 0 Å². The quantitative estimate of drug-likeness (QED) is 0.504. The lowest BCUT2D eigenvalue weighted by Gasteiger charge is -2.13. The largest absolute Gasteiger partial charge is 0.389 e. The van der Waals surface area contributed by atoms with Crippen LogP contribution in [0.5, 0.6) is 0 Å². The molecule has 0 aliphatic carbocycles. The summed E-state index contributed by atoms with van der Waals surface area (Å²) in [6, 6.07) is 0. The van der Waals surface area contributed by atoms with Gasteiger partial charge in [-0.2, -0.15) is 26.3 Å². The molecule has 0 radical (unpaired) electrons. The first-order valence-corrected chi connectivity index (χ1v) is 6.49. The molecule has 128 valence electrons. The summed E-state index contributed by atoms with van der Waals surface area (Å²) in [5.74, 6) is 0. The summed E-state index contributed by atoms with van der Waals surface area (Å²) in [4.78, 5) is 0. The summed E-state index contributed by atoms with van der Waals surface area (Å²) in [5.41, 5.74) is 0. The second-order valence-corrected chi connectivity index (χ2v) is 4.75. The zero-order valence-electron chi connectivity index (χ0n) is 11.2. The van der Waals surface area contributed by atoms with Crippen LogP contribution in [0.2, 0.25) is 0 Å². The van der Waals surface area contributed by atoms with Crippen LogP contribution in [0.1, 0.15) is 38.5 Å². The van der Waals surface area contributed by atoms with Crippen molar-refractivity contribution >= 4 is 0 Å². The summed E-state index contributed by atoms with van der Waals surface area (Å²) in [5, 5.41) is 0. The van der Waals surface area contributed by atoms with Crippen molar-refractivity contribution in [2.75, 3.05) is 13.2 Å². The van der Waals surface area contributed by atoms with Crippen LogP contribution in [-0.4, -0.2) is 37.9 Å². The molecule has 0 fully saturated rings. The van der Waals surface area contributed by atoms with Gasteiger partial charge in [0.15, 0.2) is 0 Å². The molecule has 0 aromatic rings. The Morgan fingerprint density at radius 1 is 0.667 bits per heavy atom. The summed E-state index contributed by atoms with van der Waals surface area (Å²) in [6.07, 6.45) is -15.7. The second kappa shape index (κ2) is 9.42. The number of hydrogen-bond acceptors (Lipinski definition) is 1. The van der Waals surface area contributed by atoms with Gasteiger partial charge in [-0.3, -0.25) is 0 Å². The van der Waals surface area contributed by atoms with E-state index >= 15 is 0 Å². The zero-order valence-corrected chi connectivity index (χ0v) is 11.2. The van der Waals surface area contributed by atoms with Crippen LogP contribution in [0, 0.1) is 0 Å². The second-order valence-electron chi connectivity index (χ2n) is 4.75. The van der Waals surface area contributed by atoms with Crippen molar-refractivity contribution in [3.05, 3.63) is 0 Å². The molecule has 0 spiro atoms. The fraction of sp³-hybridized carbons (Fsp3) is 1.00. The molecule has 0 saturated heterocycles. The van der Waals surface area contributed by atoms with E-state index in [-0.39, 0.29) is 12.8 Å². The molecular formula is C12H18F8O. The fourth-order valence-electron chi connectivity index (χ4n) is 1.54. The van der Waals surface area contributed by atoms with Gasteiger partial charge in [0, 0.05) is 12.8 Å². The third-order valence-corrected chi connectivity index (χ3v) is 2.55. The maximum absolute atomic E-state index is 13.1. The van der Waals surface area contributed by atoms with E-state index in [2.05, 4.69) is 4.74 Å². The Morgan fingerprint density at radius 3 is 1.29 bits per heavy atom. The van der Waals surface area contributed by atoms with E-state index in [4.69, 9.17) is 0 Å². The van der Waals surface area contributed by atoms with Gasteiger partial charge in [-0.15, -0.1) is 0 Å². The molecule has 21 heavy (non-hydrogen) atoms. The maximum Gasteiger partial charge on any atom is 0.389 e. The lowest BCUT2D eigenvalue weighted by Crippen LogP contribution is -2.18. The van der Waals surface area contributed by atoms with E-state index in [1.807, 2.05) is 0 Å². The van der Waals surface area contributed by atoms with Crippen molar-refractivity contribution in [2.45, 2.75) is 63.2 Å². The Labute approximate surface area is 117 Å². The summed E-state index contributed by atoms with van der Waals surface area (Å²) in [7, 11) is 0.